The van der Waals surface area contributed by atoms with Gasteiger partial charge in [-0.25, -0.2) is 14.4 Å². The first-order valence-corrected chi connectivity index (χ1v) is 10.3. The van der Waals surface area contributed by atoms with Crippen molar-refractivity contribution in [2.75, 3.05) is 13.2 Å². The number of nitrogens with two attached hydrogens (primary N) is 1. The maximum absolute atomic E-state index is 13.8. The largest absolute Gasteiger partial charge is 0.493 e. The summed E-state index contributed by atoms with van der Waals surface area (Å²) in [5.41, 5.74) is 7.75. The Bertz CT molecular complexity index is 1240. The molecule has 2 aliphatic rings. The van der Waals surface area contributed by atoms with Gasteiger partial charge < -0.3 is 19.9 Å². The predicted octanol–water partition coefficient (Wildman–Crippen LogP) is 4.40. The maximum atomic E-state index is 13.8. The minimum atomic E-state index is -0.947. The summed E-state index contributed by atoms with van der Waals surface area (Å²) in [6, 6.07) is 8.97. The Morgan fingerprint density at radius 1 is 1.09 bits per heavy atom. The number of hydrogen-bond acceptors (Lipinski definition) is 7. The Labute approximate surface area is 185 Å². The second-order valence-electron chi connectivity index (χ2n) is 9.18. The minimum Gasteiger partial charge on any atom is -0.493 e. The van der Waals surface area contributed by atoms with Crippen molar-refractivity contribution in [1.82, 2.24) is 9.97 Å². The number of aromatic nitrogens is 2. The highest BCUT2D eigenvalue weighted by atomic mass is 19.1. The van der Waals surface area contributed by atoms with Crippen LogP contribution in [-0.2, 0) is 10.3 Å². The topological polar surface area (TPSA) is 91.9 Å². The van der Waals surface area contributed by atoms with Crippen LogP contribution >= 0.6 is 0 Å². The van der Waals surface area contributed by atoms with Crippen LogP contribution in [-0.4, -0.2) is 29.2 Å². The van der Waals surface area contributed by atoms with E-state index in [9.17, 15) is 4.39 Å². The minimum absolute atomic E-state index is 0.00749. The first-order valence-electron chi connectivity index (χ1n) is 10.3. The number of rotatable bonds is 3. The SMILES string of the molecule is CC(C)(C)COc1ccc2c(c1)[C@@]1(COC(N)=N1)c1cc(-c3cncc(F)c3)cnc1O2. The molecule has 4 heterocycles. The molecule has 1 atom stereocenters. The van der Waals surface area contributed by atoms with Gasteiger partial charge in [-0.3, -0.25) is 4.98 Å². The molecule has 0 fully saturated rings. The Morgan fingerprint density at radius 2 is 1.91 bits per heavy atom. The fraction of sp³-hybridized carbons (Fsp3) is 0.292. The number of aliphatic imine (C=N–C) groups is 1. The Kier molecular flexibility index (Phi) is 4.54. The lowest BCUT2D eigenvalue weighted by molar-refractivity contribution is 0.197. The van der Waals surface area contributed by atoms with Gasteiger partial charge in [0.25, 0.3) is 6.02 Å². The standard InChI is InChI=1S/C24H23FN4O3/c1-23(2,3)12-30-17-4-5-20-18(8-17)24(13-31-22(26)29-24)19-7-15(10-28-21(19)32-20)14-6-16(25)11-27-9-14/h4-11H,12-13H2,1-3H3,(H2,26,29)/t24-/m0/s1. The molecule has 8 heteroatoms. The lowest BCUT2D eigenvalue weighted by Gasteiger charge is -2.33. The van der Waals surface area contributed by atoms with E-state index in [-0.39, 0.29) is 18.0 Å². The number of benzene rings is 1. The average molecular weight is 434 g/mol. The van der Waals surface area contributed by atoms with Crippen molar-refractivity contribution >= 4 is 6.02 Å². The van der Waals surface area contributed by atoms with Gasteiger partial charge in [0.2, 0.25) is 5.88 Å². The molecular formula is C24H23FN4O3. The van der Waals surface area contributed by atoms with Crippen LogP contribution in [0.5, 0.6) is 17.4 Å². The molecule has 0 amide bonds. The highest BCUT2D eigenvalue weighted by Crippen LogP contribution is 2.51. The number of nitrogens with zero attached hydrogens (tertiary/aromatic N) is 3. The highest BCUT2D eigenvalue weighted by molar-refractivity contribution is 5.77. The number of ether oxygens (including phenoxy) is 3. The smallest absolute Gasteiger partial charge is 0.283 e. The summed E-state index contributed by atoms with van der Waals surface area (Å²) in [6.45, 7) is 7.07. The quantitative estimate of drug-likeness (QED) is 0.657. The van der Waals surface area contributed by atoms with Crippen molar-refractivity contribution in [3.8, 4) is 28.5 Å². The van der Waals surface area contributed by atoms with Crippen LogP contribution in [0.1, 0.15) is 31.9 Å². The van der Waals surface area contributed by atoms with Gasteiger partial charge in [0.15, 0.2) is 5.54 Å². The van der Waals surface area contributed by atoms with Gasteiger partial charge in [-0.15, -0.1) is 0 Å². The molecular weight excluding hydrogens is 411 g/mol. The molecule has 32 heavy (non-hydrogen) atoms. The van der Waals surface area contributed by atoms with Gasteiger partial charge >= 0.3 is 0 Å². The van der Waals surface area contributed by atoms with Crippen molar-refractivity contribution in [3.05, 3.63) is 65.9 Å². The third kappa shape index (κ3) is 3.51. The normalized spacial score (nSPS) is 18.9. The summed E-state index contributed by atoms with van der Waals surface area (Å²) < 4.78 is 31.5. The van der Waals surface area contributed by atoms with Crippen LogP contribution in [0.15, 0.2) is 53.9 Å². The van der Waals surface area contributed by atoms with Crippen LogP contribution < -0.4 is 15.2 Å². The lowest BCUT2D eigenvalue weighted by atomic mass is 9.81. The van der Waals surface area contributed by atoms with Crippen LogP contribution in [0.4, 0.5) is 4.39 Å². The van der Waals surface area contributed by atoms with E-state index in [0.29, 0.717) is 40.7 Å². The van der Waals surface area contributed by atoms with Gasteiger partial charge in [0.1, 0.15) is 23.9 Å². The molecule has 2 aliphatic heterocycles. The second kappa shape index (κ2) is 7.19. The molecule has 0 saturated carbocycles. The van der Waals surface area contributed by atoms with Crippen LogP contribution in [0.3, 0.4) is 0 Å². The van der Waals surface area contributed by atoms with E-state index in [4.69, 9.17) is 19.9 Å². The number of pyridine rings is 2. The highest BCUT2D eigenvalue weighted by Gasteiger charge is 2.48. The van der Waals surface area contributed by atoms with E-state index >= 15 is 0 Å². The molecule has 0 bridgehead atoms. The number of hydrogen-bond donors (Lipinski definition) is 1. The zero-order chi connectivity index (χ0) is 22.5. The van der Waals surface area contributed by atoms with Crippen molar-refractivity contribution in [3.63, 3.8) is 0 Å². The zero-order valence-corrected chi connectivity index (χ0v) is 18.1. The van der Waals surface area contributed by atoms with Crippen molar-refractivity contribution in [1.29, 1.82) is 0 Å². The summed E-state index contributed by atoms with van der Waals surface area (Å²) in [6.07, 6.45) is 4.36. The van der Waals surface area contributed by atoms with Gasteiger partial charge in [0.05, 0.1) is 18.4 Å². The number of halogens is 1. The van der Waals surface area contributed by atoms with E-state index in [2.05, 4.69) is 35.7 Å². The maximum Gasteiger partial charge on any atom is 0.283 e. The second-order valence-corrected chi connectivity index (χ2v) is 9.18. The third-order valence-electron chi connectivity index (χ3n) is 5.34. The summed E-state index contributed by atoms with van der Waals surface area (Å²) in [4.78, 5) is 13.1. The van der Waals surface area contributed by atoms with Crippen molar-refractivity contribution in [2.45, 2.75) is 26.3 Å². The monoisotopic (exact) mass is 434 g/mol. The van der Waals surface area contributed by atoms with Crippen LogP contribution in [0.2, 0.25) is 0 Å². The molecule has 0 aliphatic carbocycles. The van der Waals surface area contributed by atoms with E-state index < -0.39 is 11.4 Å². The predicted molar refractivity (Wildman–Crippen MR) is 117 cm³/mol. The first kappa shape index (κ1) is 20.2. The molecule has 0 radical (unpaired) electrons. The molecule has 2 N–H and O–H groups in total. The first-order chi connectivity index (χ1) is 15.2. The summed E-state index contributed by atoms with van der Waals surface area (Å²) >= 11 is 0. The molecule has 0 saturated heterocycles. The summed E-state index contributed by atoms with van der Waals surface area (Å²) in [5, 5.41) is 0. The van der Waals surface area contributed by atoms with Crippen molar-refractivity contribution < 1.29 is 18.6 Å². The summed E-state index contributed by atoms with van der Waals surface area (Å²) in [5.74, 6) is 1.28. The Hall–Kier alpha value is -3.68. The summed E-state index contributed by atoms with van der Waals surface area (Å²) in [7, 11) is 0. The molecule has 164 valence electrons. The Morgan fingerprint density at radius 3 is 2.62 bits per heavy atom. The molecule has 0 unspecified atom stereocenters. The molecule has 5 rings (SSSR count). The molecule has 1 spiro atoms. The van der Waals surface area contributed by atoms with Gasteiger partial charge in [-0.05, 0) is 35.7 Å². The van der Waals surface area contributed by atoms with Gasteiger partial charge in [-0.2, -0.15) is 0 Å². The molecule has 7 nitrogen and oxygen atoms in total. The molecule has 3 aromatic rings. The fourth-order valence-corrected chi connectivity index (χ4v) is 3.82. The zero-order valence-electron chi connectivity index (χ0n) is 18.1. The molecule has 2 aromatic heterocycles. The van der Waals surface area contributed by atoms with Crippen molar-refractivity contribution in [2.24, 2.45) is 16.1 Å². The lowest BCUT2D eigenvalue weighted by Crippen LogP contribution is -2.31. The van der Waals surface area contributed by atoms with Gasteiger partial charge in [0, 0.05) is 29.1 Å². The Balaban J connectivity index is 1.63. The fourth-order valence-electron chi connectivity index (χ4n) is 3.82. The van der Waals surface area contributed by atoms with Gasteiger partial charge in [-0.1, -0.05) is 20.8 Å². The van der Waals surface area contributed by atoms with E-state index in [1.165, 1.54) is 6.07 Å². The number of fused-ring (bicyclic) bond motifs is 4. The molecule has 1 aromatic carbocycles. The van der Waals surface area contributed by atoms with Crippen LogP contribution in [0.25, 0.3) is 11.1 Å². The van der Waals surface area contributed by atoms with E-state index in [0.717, 1.165) is 11.8 Å². The van der Waals surface area contributed by atoms with Crippen LogP contribution in [0, 0.1) is 11.2 Å². The third-order valence-corrected chi connectivity index (χ3v) is 5.34. The number of amidine groups is 1. The van der Waals surface area contributed by atoms with E-state index in [1.54, 1.807) is 12.4 Å². The average Bonchev–Trinajstić information content (AvgIpc) is 3.14. The van der Waals surface area contributed by atoms with E-state index in [1.807, 2.05) is 24.3 Å².